The Morgan fingerprint density at radius 3 is 2.56 bits per heavy atom. The molecule has 0 fully saturated rings. The van der Waals surface area contributed by atoms with Crippen LogP contribution in [0.15, 0.2) is 53.2 Å². The average Bonchev–Trinajstić information content (AvgIpc) is 2.82. The lowest BCUT2D eigenvalue weighted by Crippen LogP contribution is -2.05. The third-order valence-corrected chi connectivity index (χ3v) is 3.79. The highest BCUT2D eigenvalue weighted by atomic mass is 19.1. The summed E-state index contributed by atoms with van der Waals surface area (Å²) in [5.74, 6) is 0.568. The molecule has 0 radical (unpaired) electrons. The molecule has 0 saturated heterocycles. The Hall–Kier alpha value is -3.15. The molecule has 0 bridgehead atoms. The minimum absolute atomic E-state index is 0.158. The van der Waals surface area contributed by atoms with Gasteiger partial charge in [-0.05, 0) is 48.0 Å². The van der Waals surface area contributed by atoms with Gasteiger partial charge >= 0.3 is 5.97 Å². The SMILES string of the molecule is O=C1OC(c2ccc(F)cc2)=N/C1=C/c1ccc2c(c1)OCCCO2. The van der Waals surface area contributed by atoms with E-state index in [0.29, 0.717) is 30.3 Å². The van der Waals surface area contributed by atoms with Gasteiger partial charge in [0.25, 0.3) is 0 Å². The highest BCUT2D eigenvalue weighted by Crippen LogP contribution is 2.31. The predicted molar refractivity (Wildman–Crippen MR) is 89.1 cm³/mol. The molecule has 4 rings (SSSR count). The Morgan fingerprint density at radius 2 is 1.76 bits per heavy atom. The molecule has 25 heavy (non-hydrogen) atoms. The molecule has 2 aliphatic heterocycles. The van der Waals surface area contributed by atoms with Gasteiger partial charge in [-0.1, -0.05) is 6.07 Å². The molecule has 0 atom stereocenters. The molecule has 2 aromatic rings. The molecule has 126 valence electrons. The number of cyclic esters (lactones) is 1. The van der Waals surface area contributed by atoms with E-state index in [1.54, 1.807) is 18.2 Å². The quantitative estimate of drug-likeness (QED) is 0.622. The second kappa shape index (κ2) is 6.39. The molecular weight excluding hydrogens is 325 g/mol. The van der Waals surface area contributed by atoms with Crippen molar-refractivity contribution in [1.29, 1.82) is 0 Å². The van der Waals surface area contributed by atoms with Gasteiger partial charge in [0.2, 0.25) is 5.90 Å². The number of esters is 1. The van der Waals surface area contributed by atoms with E-state index in [0.717, 1.165) is 12.0 Å². The van der Waals surface area contributed by atoms with E-state index in [1.165, 1.54) is 24.3 Å². The van der Waals surface area contributed by atoms with Gasteiger partial charge < -0.3 is 14.2 Å². The zero-order valence-electron chi connectivity index (χ0n) is 13.2. The minimum atomic E-state index is -0.550. The molecule has 2 aliphatic rings. The van der Waals surface area contributed by atoms with E-state index >= 15 is 0 Å². The van der Waals surface area contributed by atoms with Crippen molar-refractivity contribution in [2.45, 2.75) is 6.42 Å². The lowest BCUT2D eigenvalue weighted by molar-refractivity contribution is -0.129. The highest BCUT2D eigenvalue weighted by Gasteiger charge is 2.24. The van der Waals surface area contributed by atoms with Crippen molar-refractivity contribution in [3.05, 3.63) is 65.1 Å². The second-order valence-electron chi connectivity index (χ2n) is 5.60. The molecule has 0 saturated carbocycles. The van der Waals surface area contributed by atoms with Gasteiger partial charge in [0.05, 0.1) is 13.2 Å². The van der Waals surface area contributed by atoms with Gasteiger partial charge in [0, 0.05) is 12.0 Å². The van der Waals surface area contributed by atoms with Gasteiger partial charge in [-0.2, -0.15) is 0 Å². The number of rotatable bonds is 2. The van der Waals surface area contributed by atoms with Crippen LogP contribution in [0, 0.1) is 5.82 Å². The molecule has 2 aromatic carbocycles. The number of aliphatic imine (C=N–C) groups is 1. The first-order valence-electron chi connectivity index (χ1n) is 7.87. The van der Waals surface area contributed by atoms with Crippen molar-refractivity contribution in [3.63, 3.8) is 0 Å². The first-order valence-corrected chi connectivity index (χ1v) is 7.87. The smallest absolute Gasteiger partial charge is 0.363 e. The van der Waals surface area contributed by atoms with Gasteiger partial charge in [0.15, 0.2) is 17.2 Å². The lowest BCUT2D eigenvalue weighted by atomic mass is 10.1. The fourth-order valence-corrected chi connectivity index (χ4v) is 2.55. The number of hydrogen-bond acceptors (Lipinski definition) is 5. The van der Waals surface area contributed by atoms with Crippen LogP contribution in [-0.2, 0) is 9.53 Å². The molecule has 2 heterocycles. The third-order valence-electron chi connectivity index (χ3n) is 3.79. The van der Waals surface area contributed by atoms with Crippen molar-refractivity contribution in [2.75, 3.05) is 13.2 Å². The number of ether oxygens (including phenoxy) is 3. The molecule has 6 heteroatoms. The van der Waals surface area contributed by atoms with Crippen LogP contribution in [0.4, 0.5) is 4.39 Å². The fraction of sp³-hybridized carbons (Fsp3) is 0.158. The van der Waals surface area contributed by atoms with Crippen LogP contribution in [0.3, 0.4) is 0 Å². The van der Waals surface area contributed by atoms with Gasteiger partial charge in [-0.25, -0.2) is 14.2 Å². The van der Waals surface area contributed by atoms with Crippen LogP contribution in [0.25, 0.3) is 6.08 Å². The maximum absolute atomic E-state index is 13.0. The average molecular weight is 339 g/mol. The summed E-state index contributed by atoms with van der Waals surface area (Å²) < 4.78 is 29.4. The molecule has 0 N–H and O–H groups in total. The Balaban J connectivity index is 1.63. The van der Waals surface area contributed by atoms with Crippen molar-refractivity contribution < 1.29 is 23.4 Å². The molecule has 0 spiro atoms. The summed E-state index contributed by atoms with van der Waals surface area (Å²) in [4.78, 5) is 16.2. The fourth-order valence-electron chi connectivity index (χ4n) is 2.55. The first-order chi connectivity index (χ1) is 12.2. The van der Waals surface area contributed by atoms with Crippen LogP contribution < -0.4 is 9.47 Å². The highest BCUT2D eigenvalue weighted by molar-refractivity contribution is 6.12. The number of halogens is 1. The summed E-state index contributed by atoms with van der Waals surface area (Å²) in [5, 5.41) is 0. The summed E-state index contributed by atoms with van der Waals surface area (Å²) in [6.45, 7) is 1.20. The van der Waals surface area contributed by atoms with E-state index < -0.39 is 5.97 Å². The van der Waals surface area contributed by atoms with Crippen LogP contribution in [-0.4, -0.2) is 25.1 Å². The third kappa shape index (κ3) is 3.24. The number of hydrogen-bond donors (Lipinski definition) is 0. The first kappa shape index (κ1) is 15.4. The van der Waals surface area contributed by atoms with Gasteiger partial charge in [0.1, 0.15) is 5.82 Å². The number of carbonyl (C=O) groups is 1. The monoisotopic (exact) mass is 339 g/mol. The molecule has 0 aliphatic carbocycles. The summed E-state index contributed by atoms with van der Waals surface area (Å²) in [5.41, 5.74) is 1.46. The molecule has 0 aromatic heterocycles. The summed E-state index contributed by atoms with van der Waals surface area (Å²) in [7, 11) is 0. The van der Waals surface area contributed by atoms with Crippen LogP contribution in [0.2, 0.25) is 0 Å². The van der Waals surface area contributed by atoms with E-state index in [-0.39, 0.29) is 17.4 Å². The molecule has 0 unspecified atom stereocenters. The summed E-state index contributed by atoms with van der Waals surface area (Å²) in [6.07, 6.45) is 2.44. The maximum atomic E-state index is 13.0. The largest absolute Gasteiger partial charge is 0.490 e. The zero-order valence-corrected chi connectivity index (χ0v) is 13.2. The Labute approximate surface area is 143 Å². The molecule has 5 nitrogen and oxygen atoms in total. The number of benzene rings is 2. The molecule has 0 amide bonds. The zero-order chi connectivity index (χ0) is 17.2. The number of carbonyl (C=O) groups excluding carboxylic acids is 1. The predicted octanol–water partition coefficient (Wildman–Crippen LogP) is 3.33. The number of nitrogens with zero attached hydrogens (tertiary/aromatic N) is 1. The molecular formula is C19H14FNO4. The number of fused-ring (bicyclic) bond motifs is 1. The normalized spacial score (nSPS) is 17.9. The van der Waals surface area contributed by atoms with E-state index in [1.807, 2.05) is 6.07 Å². The Morgan fingerprint density at radius 1 is 1.00 bits per heavy atom. The van der Waals surface area contributed by atoms with Crippen molar-refractivity contribution in [3.8, 4) is 11.5 Å². The van der Waals surface area contributed by atoms with Crippen LogP contribution in [0.5, 0.6) is 11.5 Å². The van der Waals surface area contributed by atoms with Gasteiger partial charge in [-0.15, -0.1) is 0 Å². The van der Waals surface area contributed by atoms with E-state index in [9.17, 15) is 9.18 Å². The van der Waals surface area contributed by atoms with Crippen LogP contribution in [0.1, 0.15) is 17.5 Å². The standard InChI is InChI=1S/C19H14FNO4/c20-14-5-3-13(4-6-14)18-21-15(19(22)25-18)10-12-2-7-16-17(11-12)24-9-1-8-23-16/h2-7,10-11H,1,8-9H2/b15-10+. The summed E-state index contributed by atoms with van der Waals surface area (Å²) >= 11 is 0. The summed E-state index contributed by atoms with van der Waals surface area (Å²) in [6, 6.07) is 11.0. The van der Waals surface area contributed by atoms with Crippen molar-refractivity contribution >= 4 is 17.9 Å². The van der Waals surface area contributed by atoms with Crippen LogP contribution >= 0.6 is 0 Å². The van der Waals surface area contributed by atoms with Crippen molar-refractivity contribution in [2.24, 2.45) is 4.99 Å². The second-order valence-corrected chi connectivity index (χ2v) is 5.60. The maximum Gasteiger partial charge on any atom is 0.363 e. The van der Waals surface area contributed by atoms with E-state index in [4.69, 9.17) is 14.2 Å². The van der Waals surface area contributed by atoms with Gasteiger partial charge in [-0.3, -0.25) is 0 Å². The van der Waals surface area contributed by atoms with E-state index in [2.05, 4.69) is 4.99 Å². The Kier molecular flexibility index (Phi) is 3.93. The topological polar surface area (TPSA) is 57.1 Å². The Bertz CT molecular complexity index is 887. The minimum Gasteiger partial charge on any atom is -0.490 e. The lowest BCUT2D eigenvalue weighted by Gasteiger charge is -2.07. The van der Waals surface area contributed by atoms with Crippen molar-refractivity contribution in [1.82, 2.24) is 0 Å².